The molecule has 0 N–H and O–H groups in total. The molecule has 2 aliphatic rings. The van der Waals surface area contributed by atoms with Gasteiger partial charge in [0.2, 0.25) is 11.8 Å². The van der Waals surface area contributed by atoms with Crippen LogP contribution in [0.2, 0.25) is 0 Å². The van der Waals surface area contributed by atoms with Crippen molar-refractivity contribution in [3.05, 3.63) is 70.9 Å². The van der Waals surface area contributed by atoms with Crippen LogP contribution in [0.5, 0.6) is 0 Å². The molecule has 3 aromatic rings. The van der Waals surface area contributed by atoms with E-state index in [0.29, 0.717) is 0 Å². The van der Waals surface area contributed by atoms with Gasteiger partial charge in [-0.15, -0.1) is 11.3 Å². The number of hydrogen-bond donors (Lipinski definition) is 0. The van der Waals surface area contributed by atoms with E-state index in [1.807, 2.05) is 59.6 Å². The fourth-order valence-corrected chi connectivity index (χ4v) is 5.83. The predicted molar refractivity (Wildman–Crippen MR) is 123 cm³/mol. The molecule has 3 heterocycles. The van der Waals surface area contributed by atoms with E-state index in [1.54, 1.807) is 23.2 Å². The highest BCUT2D eigenvalue weighted by Gasteiger charge is 2.34. The first-order valence-electron chi connectivity index (χ1n) is 10.8. The van der Waals surface area contributed by atoms with E-state index in [-0.39, 0.29) is 30.3 Å². The molecule has 5 nitrogen and oxygen atoms in total. The quantitative estimate of drug-likeness (QED) is 0.564. The van der Waals surface area contributed by atoms with Crippen molar-refractivity contribution >= 4 is 39.4 Å². The van der Waals surface area contributed by atoms with Crippen molar-refractivity contribution < 1.29 is 9.59 Å². The summed E-state index contributed by atoms with van der Waals surface area (Å²) in [6.07, 6.45) is 7.07. The summed E-state index contributed by atoms with van der Waals surface area (Å²) in [6, 6.07) is 15.9. The van der Waals surface area contributed by atoms with E-state index in [0.717, 1.165) is 52.2 Å². The molecule has 5 rings (SSSR count). The molecule has 2 aromatic carbocycles. The predicted octanol–water partition coefficient (Wildman–Crippen LogP) is 5.31. The first-order chi connectivity index (χ1) is 15.1. The lowest BCUT2D eigenvalue weighted by Crippen LogP contribution is -2.41. The van der Waals surface area contributed by atoms with Gasteiger partial charge in [-0.1, -0.05) is 36.4 Å². The van der Waals surface area contributed by atoms with Gasteiger partial charge in [0.25, 0.3) is 0 Å². The van der Waals surface area contributed by atoms with Gasteiger partial charge in [0.1, 0.15) is 5.01 Å². The molecule has 2 atom stereocenters. The number of rotatable bonds is 3. The molecule has 0 aliphatic carbocycles. The zero-order valence-corrected chi connectivity index (χ0v) is 18.3. The number of benzene rings is 2. The largest absolute Gasteiger partial charge is 0.333 e. The second-order valence-corrected chi connectivity index (χ2v) is 9.27. The van der Waals surface area contributed by atoms with E-state index in [1.165, 1.54) is 0 Å². The van der Waals surface area contributed by atoms with Crippen molar-refractivity contribution in [2.75, 3.05) is 6.54 Å². The zero-order chi connectivity index (χ0) is 21.4. The Bertz CT molecular complexity index is 1140. The molecule has 6 heteroatoms. The van der Waals surface area contributed by atoms with E-state index < -0.39 is 0 Å². The van der Waals surface area contributed by atoms with Crippen LogP contribution in [0.1, 0.15) is 60.8 Å². The third-order valence-electron chi connectivity index (χ3n) is 6.26. The molecule has 0 radical (unpaired) electrons. The third-order valence-corrected chi connectivity index (χ3v) is 7.39. The minimum Gasteiger partial charge on any atom is -0.333 e. The topological polar surface area (TPSA) is 53.5 Å². The number of amides is 2. The van der Waals surface area contributed by atoms with Crippen LogP contribution in [0, 0.1) is 0 Å². The van der Waals surface area contributed by atoms with E-state index in [4.69, 9.17) is 4.98 Å². The number of carbonyl (C=O) groups is 2. The fourth-order valence-electron chi connectivity index (χ4n) is 4.72. The van der Waals surface area contributed by atoms with Crippen LogP contribution in [0.3, 0.4) is 0 Å². The van der Waals surface area contributed by atoms with Gasteiger partial charge in [0, 0.05) is 19.7 Å². The monoisotopic (exact) mass is 431 g/mol. The van der Waals surface area contributed by atoms with Crippen molar-refractivity contribution in [3.8, 4) is 0 Å². The second kappa shape index (κ2) is 8.27. The molecule has 0 saturated carbocycles. The smallest absolute Gasteiger partial charge is 0.225 e. The van der Waals surface area contributed by atoms with Crippen molar-refractivity contribution in [1.29, 1.82) is 0 Å². The Kier molecular flexibility index (Phi) is 5.32. The summed E-state index contributed by atoms with van der Waals surface area (Å²) in [7, 11) is 0. The van der Waals surface area contributed by atoms with E-state index in [9.17, 15) is 9.59 Å². The van der Waals surface area contributed by atoms with E-state index >= 15 is 0 Å². The molecule has 2 aliphatic heterocycles. The van der Waals surface area contributed by atoms with Crippen LogP contribution in [-0.2, 0) is 9.59 Å². The molecule has 1 saturated heterocycles. The molecule has 31 heavy (non-hydrogen) atoms. The highest BCUT2D eigenvalue weighted by molar-refractivity contribution is 7.18. The van der Waals surface area contributed by atoms with Crippen molar-refractivity contribution in [1.82, 2.24) is 14.8 Å². The van der Waals surface area contributed by atoms with Crippen LogP contribution in [0.15, 0.2) is 54.7 Å². The normalized spacial score (nSPS) is 20.7. The first kappa shape index (κ1) is 19.9. The number of aromatic nitrogens is 1. The van der Waals surface area contributed by atoms with Crippen LogP contribution >= 0.6 is 11.3 Å². The minimum atomic E-state index is -0.274. The summed E-state index contributed by atoms with van der Waals surface area (Å²) in [4.78, 5) is 34.4. The molecule has 1 fully saturated rings. The Balaban J connectivity index is 1.43. The average molecular weight is 432 g/mol. The van der Waals surface area contributed by atoms with Gasteiger partial charge in [0.15, 0.2) is 0 Å². The molecule has 2 amide bonds. The number of nitrogens with zero attached hydrogens (tertiary/aromatic N) is 3. The lowest BCUT2D eigenvalue weighted by atomic mass is 9.92. The summed E-state index contributed by atoms with van der Waals surface area (Å²) in [5.74, 6) is 0.0372. The number of fused-ring (bicyclic) bond motifs is 2. The standard InChI is InChI=1S/C25H25N3O2S/c1-17(29)27-15-13-18-8-2-3-9-19(18)22(27)16-24(30)28-14-7-6-11-21(28)25-26-20-10-4-5-12-23(20)31-25/h2-5,8-10,12-13,15,21-22H,6-7,11,14,16H2,1H3/t21-,22+/m1/s1. The fraction of sp³-hybridized carbons (Fsp3) is 0.320. The molecule has 1 aromatic heterocycles. The summed E-state index contributed by atoms with van der Waals surface area (Å²) < 4.78 is 1.16. The Morgan fingerprint density at radius 3 is 2.74 bits per heavy atom. The van der Waals surface area contributed by atoms with Crippen molar-refractivity contribution in [2.24, 2.45) is 0 Å². The van der Waals surface area contributed by atoms with Gasteiger partial charge < -0.3 is 9.80 Å². The molecular formula is C25H25N3O2S. The Labute approximate surface area is 186 Å². The van der Waals surface area contributed by atoms with Gasteiger partial charge in [-0.3, -0.25) is 9.59 Å². The number of carbonyl (C=O) groups excluding carboxylic acids is 2. The zero-order valence-electron chi connectivity index (χ0n) is 17.5. The maximum absolute atomic E-state index is 13.6. The second-order valence-electron chi connectivity index (χ2n) is 8.21. The Morgan fingerprint density at radius 1 is 1.10 bits per heavy atom. The van der Waals surface area contributed by atoms with Crippen LogP contribution < -0.4 is 0 Å². The molecular weight excluding hydrogens is 406 g/mol. The van der Waals surface area contributed by atoms with Crippen LogP contribution in [0.25, 0.3) is 16.3 Å². The molecule has 158 valence electrons. The summed E-state index contributed by atoms with van der Waals surface area (Å²) in [5, 5.41) is 1.02. The van der Waals surface area contributed by atoms with Gasteiger partial charge in [-0.05, 0) is 48.6 Å². The summed E-state index contributed by atoms with van der Waals surface area (Å²) in [5.41, 5.74) is 3.09. The Hall–Kier alpha value is -2.99. The van der Waals surface area contributed by atoms with Gasteiger partial charge in [0.05, 0.1) is 28.7 Å². The Morgan fingerprint density at radius 2 is 1.90 bits per heavy atom. The molecule has 0 bridgehead atoms. The molecule has 0 spiro atoms. The van der Waals surface area contributed by atoms with Crippen LogP contribution in [0.4, 0.5) is 0 Å². The number of piperidine rings is 1. The third kappa shape index (κ3) is 3.76. The average Bonchev–Trinajstić information content (AvgIpc) is 3.23. The van der Waals surface area contributed by atoms with Gasteiger partial charge in [-0.2, -0.15) is 0 Å². The summed E-state index contributed by atoms with van der Waals surface area (Å²) >= 11 is 1.68. The minimum absolute atomic E-state index is 0.0128. The van der Waals surface area contributed by atoms with Crippen molar-refractivity contribution in [2.45, 2.75) is 44.7 Å². The maximum Gasteiger partial charge on any atom is 0.225 e. The van der Waals surface area contributed by atoms with Gasteiger partial charge >= 0.3 is 0 Å². The van der Waals surface area contributed by atoms with Gasteiger partial charge in [-0.25, -0.2) is 4.98 Å². The summed E-state index contributed by atoms with van der Waals surface area (Å²) in [6.45, 7) is 2.30. The highest BCUT2D eigenvalue weighted by Crippen LogP contribution is 2.38. The number of hydrogen-bond acceptors (Lipinski definition) is 4. The molecule has 0 unspecified atom stereocenters. The number of thiazole rings is 1. The lowest BCUT2D eigenvalue weighted by Gasteiger charge is -2.38. The lowest BCUT2D eigenvalue weighted by molar-refractivity contribution is -0.137. The SMILES string of the molecule is CC(=O)N1C=Cc2ccccc2[C@@H]1CC(=O)N1CCCC[C@@H]1c1nc2ccccc2s1. The van der Waals surface area contributed by atoms with Crippen LogP contribution in [-0.4, -0.2) is 33.1 Å². The number of likely N-dealkylation sites (tertiary alicyclic amines) is 1. The van der Waals surface area contributed by atoms with E-state index in [2.05, 4.69) is 6.07 Å². The first-order valence-corrected chi connectivity index (χ1v) is 11.6. The van der Waals surface area contributed by atoms with Crippen molar-refractivity contribution in [3.63, 3.8) is 0 Å². The highest BCUT2D eigenvalue weighted by atomic mass is 32.1. The number of para-hydroxylation sites is 1. The maximum atomic E-state index is 13.6.